The second kappa shape index (κ2) is 24.2. The van der Waals surface area contributed by atoms with Gasteiger partial charge in [-0.1, -0.05) is 111 Å². The topological polar surface area (TPSA) is 23.5 Å². The molecule has 0 saturated heterocycles. The molecule has 0 aliphatic heterocycles. The minimum absolute atomic E-state index is 0. The van der Waals surface area contributed by atoms with Gasteiger partial charge in [-0.05, 0) is 32.4 Å². The highest BCUT2D eigenvalue weighted by molar-refractivity contribution is 5.85. The van der Waals surface area contributed by atoms with E-state index in [1.54, 1.807) is 0 Å². The van der Waals surface area contributed by atoms with E-state index >= 15 is 0 Å². The second-order valence-corrected chi connectivity index (χ2v) is 8.31. The lowest BCUT2D eigenvalue weighted by Gasteiger charge is -2.24. The molecule has 0 aliphatic carbocycles. The normalized spacial score (nSPS) is 12.3. The van der Waals surface area contributed by atoms with Crippen molar-refractivity contribution < 1.29 is 5.11 Å². The van der Waals surface area contributed by atoms with Gasteiger partial charge in [-0.15, -0.1) is 12.4 Å². The van der Waals surface area contributed by atoms with Crippen LogP contribution in [0.2, 0.25) is 0 Å². The van der Waals surface area contributed by atoms with Gasteiger partial charge in [-0.25, -0.2) is 0 Å². The minimum atomic E-state index is -0.141. The maximum atomic E-state index is 10.0. The van der Waals surface area contributed by atoms with Crippen LogP contribution in [0.3, 0.4) is 0 Å². The van der Waals surface area contributed by atoms with Crippen LogP contribution in [0.4, 0.5) is 0 Å². The van der Waals surface area contributed by atoms with E-state index in [2.05, 4.69) is 25.7 Å². The molecule has 1 unspecified atom stereocenters. The number of unbranched alkanes of at least 4 members (excludes halogenated alkanes) is 14. The molecular formula is C24H52ClNO. The third kappa shape index (κ3) is 22.4. The monoisotopic (exact) mass is 405 g/mol. The molecule has 2 nitrogen and oxygen atoms in total. The summed E-state index contributed by atoms with van der Waals surface area (Å²) in [6, 6.07) is 0. The first-order valence-electron chi connectivity index (χ1n) is 12.1. The summed E-state index contributed by atoms with van der Waals surface area (Å²) in [5, 5.41) is 10.0. The molecule has 0 aromatic carbocycles. The lowest BCUT2D eigenvalue weighted by atomic mass is 10.1. The van der Waals surface area contributed by atoms with E-state index in [0.717, 1.165) is 13.0 Å². The summed E-state index contributed by atoms with van der Waals surface area (Å²) in [4.78, 5) is 2.53. The van der Waals surface area contributed by atoms with E-state index in [1.165, 1.54) is 116 Å². The highest BCUT2D eigenvalue weighted by Crippen LogP contribution is 2.11. The molecule has 0 amide bonds. The number of nitrogens with zero attached hydrogens (tertiary/aromatic N) is 1. The predicted molar refractivity (Wildman–Crippen MR) is 125 cm³/mol. The SMILES string of the molecule is CCCCCCCCCCN(CCCCCCCCCC)CC(O)CC.Cl. The molecule has 0 bridgehead atoms. The van der Waals surface area contributed by atoms with Crippen molar-refractivity contribution in [3.05, 3.63) is 0 Å². The average Bonchev–Trinajstić information content (AvgIpc) is 2.65. The van der Waals surface area contributed by atoms with Crippen molar-refractivity contribution in [2.45, 2.75) is 136 Å². The van der Waals surface area contributed by atoms with Crippen LogP contribution < -0.4 is 0 Å². The van der Waals surface area contributed by atoms with E-state index in [9.17, 15) is 5.11 Å². The van der Waals surface area contributed by atoms with Crippen molar-refractivity contribution >= 4 is 12.4 Å². The Balaban J connectivity index is 0. The van der Waals surface area contributed by atoms with Crippen LogP contribution >= 0.6 is 12.4 Å². The molecule has 0 rings (SSSR count). The van der Waals surface area contributed by atoms with Gasteiger partial charge in [0.2, 0.25) is 0 Å². The van der Waals surface area contributed by atoms with Crippen LogP contribution in [0.25, 0.3) is 0 Å². The van der Waals surface area contributed by atoms with Crippen molar-refractivity contribution in [2.75, 3.05) is 19.6 Å². The van der Waals surface area contributed by atoms with Gasteiger partial charge in [0.15, 0.2) is 0 Å². The van der Waals surface area contributed by atoms with Gasteiger partial charge < -0.3 is 10.0 Å². The molecule has 1 N–H and O–H groups in total. The molecule has 0 radical (unpaired) electrons. The Morgan fingerprint density at radius 2 is 0.889 bits per heavy atom. The zero-order valence-electron chi connectivity index (χ0n) is 19.0. The van der Waals surface area contributed by atoms with Gasteiger partial charge in [-0.3, -0.25) is 0 Å². The Hall–Kier alpha value is 0.210. The summed E-state index contributed by atoms with van der Waals surface area (Å²) in [6.07, 6.45) is 22.9. The van der Waals surface area contributed by atoms with E-state index < -0.39 is 0 Å². The van der Waals surface area contributed by atoms with Crippen LogP contribution in [0.15, 0.2) is 0 Å². The number of aliphatic hydroxyl groups is 1. The number of aliphatic hydroxyl groups excluding tert-OH is 1. The first-order valence-corrected chi connectivity index (χ1v) is 12.1. The first kappa shape index (κ1) is 29.4. The molecule has 0 heterocycles. The fourth-order valence-corrected chi connectivity index (χ4v) is 3.66. The smallest absolute Gasteiger partial charge is 0.0664 e. The largest absolute Gasteiger partial charge is 0.392 e. The summed E-state index contributed by atoms with van der Waals surface area (Å²) >= 11 is 0. The maximum Gasteiger partial charge on any atom is 0.0664 e. The van der Waals surface area contributed by atoms with Crippen LogP contribution in [0.1, 0.15) is 130 Å². The summed E-state index contributed by atoms with van der Waals surface area (Å²) in [7, 11) is 0. The Morgan fingerprint density at radius 1 is 0.556 bits per heavy atom. The summed E-state index contributed by atoms with van der Waals surface area (Å²) in [5.41, 5.74) is 0. The molecular weight excluding hydrogens is 354 g/mol. The molecule has 27 heavy (non-hydrogen) atoms. The fraction of sp³-hybridized carbons (Fsp3) is 1.00. The predicted octanol–water partition coefficient (Wildman–Crippen LogP) is 7.76. The third-order valence-corrected chi connectivity index (χ3v) is 5.60. The van der Waals surface area contributed by atoms with Crippen molar-refractivity contribution in [1.29, 1.82) is 0 Å². The number of halogens is 1. The minimum Gasteiger partial charge on any atom is -0.392 e. The van der Waals surface area contributed by atoms with Crippen molar-refractivity contribution in [3.63, 3.8) is 0 Å². The maximum absolute atomic E-state index is 10.0. The Labute approximate surface area is 178 Å². The summed E-state index contributed by atoms with van der Waals surface area (Å²) < 4.78 is 0. The summed E-state index contributed by atoms with van der Waals surface area (Å²) in [6.45, 7) is 9.90. The molecule has 3 heteroatoms. The van der Waals surface area contributed by atoms with Crippen LogP contribution in [0.5, 0.6) is 0 Å². The van der Waals surface area contributed by atoms with Gasteiger partial charge in [0.05, 0.1) is 6.10 Å². The lowest BCUT2D eigenvalue weighted by Crippen LogP contribution is -2.33. The quantitative estimate of drug-likeness (QED) is 0.197. The molecule has 0 spiro atoms. The van der Waals surface area contributed by atoms with Crippen LogP contribution in [0, 0.1) is 0 Å². The van der Waals surface area contributed by atoms with Gasteiger partial charge in [-0.2, -0.15) is 0 Å². The molecule has 0 fully saturated rings. The molecule has 0 saturated carbocycles. The Bertz CT molecular complexity index is 243. The Kier molecular flexibility index (Phi) is 26.4. The van der Waals surface area contributed by atoms with E-state index in [1.807, 2.05) is 0 Å². The number of hydrogen-bond acceptors (Lipinski definition) is 2. The molecule has 166 valence electrons. The van der Waals surface area contributed by atoms with Crippen molar-refractivity contribution in [2.24, 2.45) is 0 Å². The van der Waals surface area contributed by atoms with Crippen LogP contribution in [-0.4, -0.2) is 35.7 Å². The van der Waals surface area contributed by atoms with E-state index in [-0.39, 0.29) is 18.5 Å². The first-order chi connectivity index (χ1) is 12.7. The van der Waals surface area contributed by atoms with Gasteiger partial charge in [0, 0.05) is 6.54 Å². The lowest BCUT2D eigenvalue weighted by molar-refractivity contribution is 0.107. The van der Waals surface area contributed by atoms with E-state index in [4.69, 9.17) is 0 Å². The Morgan fingerprint density at radius 3 is 1.22 bits per heavy atom. The van der Waals surface area contributed by atoms with Crippen LogP contribution in [-0.2, 0) is 0 Å². The standard InChI is InChI=1S/C24H51NO.ClH/c1-4-7-9-11-13-15-17-19-21-25(23-24(26)6-3)22-20-18-16-14-12-10-8-5-2;/h24,26H,4-23H2,1-3H3;1H. The molecule has 1 atom stereocenters. The fourth-order valence-electron chi connectivity index (χ4n) is 3.66. The summed E-state index contributed by atoms with van der Waals surface area (Å²) in [5.74, 6) is 0. The zero-order valence-corrected chi connectivity index (χ0v) is 19.8. The molecule has 0 aromatic heterocycles. The molecule has 0 aliphatic rings. The second-order valence-electron chi connectivity index (χ2n) is 8.31. The zero-order chi connectivity index (χ0) is 19.3. The van der Waals surface area contributed by atoms with Gasteiger partial charge in [0.1, 0.15) is 0 Å². The number of hydrogen-bond donors (Lipinski definition) is 1. The molecule has 0 aromatic rings. The van der Waals surface area contributed by atoms with Crippen molar-refractivity contribution in [3.8, 4) is 0 Å². The number of rotatable bonds is 21. The third-order valence-electron chi connectivity index (χ3n) is 5.60. The average molecular weight is 406 g/mol. The van der Waals surface area contributed by atoms with Gasteiger partial charge >= 0.3 is 0 Å². The van der Waals surface area contributed by atoms with Gasteiger partial charge in [0.25, 0.3) is 0 Å². The van der Waals surface area contributed by atoms with Crippen molar-refractivity contribution in [1.82, 2.24) is 4.90 Å². The highest BCUT2D eigenvalue weighted by Gasteiger charge is 2.09. The highest BCUT2D eigenvalue weighted by atomic mass is 35.5. The van der Waals surface area contributed by atoms with E-state index in [0.29, 0.717) is 0 Å².